The zero-order valence-corrected chi connectivity index (χ0v) is 19.6. The van der Waals surface area contributed by atoms with Gasteiger partial charge in [-0.15, -0.1) is 5.56 Å². The van der Waals surface area contributed by atoms with Crippen molar-refractivity contribution in [1.29, 1.82) is 0 Å². The van der Waals surface area contributed by atoms with E-state index in [0.29, 0.717) is 29.7 Å². The molecular formula is C23H31LiN6O-2. The average Bonchev–Trinajstić information content (AvgIpc) is 3.24. The summed E-state index contributed by atoms with van der Waals surface area (Å²) in [6, 6.07) is 4.68. The third-order valence-corrected chi connectivity index (χ3v) is 3.89. The molecule has 1 N–H and O–H groups in total. The van der Waals surface area contributed by atoms with Crippen LogP contribution in [-0.4, -0.2) is 31.9 Å². The summed E-state index contributed by atoms with van der Waals surface area (Å²) >= 11 is 0. The van der Waals surface area contributed by atoms with E-state index in [4.69, 9.17) is 0 Å². The molecule has 1 aliphatic heterocycles. The minimum absolute atomic E-state index is 0. The van der Waals surface area contributed by atoms with Crippen LogP contribution < -0.4 is 29.1 Å². The standard InChI is InChI=1S/C16H15N6O.C4H9.C3H7.Li/c1-10-8-21-9-13(11(2)19-15(21)18-10)20-16(23)22-7-5-12-4-3-6-17-14(12)22;1-4(2)3;1-3-2;/h3,6,8-9H,5,7H2,1-2H3,(H,20,23);4H,1H2,2-3H3;1,3H2,2H3;/q3*-1;+1. The molecule has 8 heteroatoms. The number of imidazole rings is 1. The smallest absolute Gasteiger partial charge is 0.367 e. The first-order chi connectivity index (χ1) is 14.3. The number of fused-ring (bicyclic) bond motifs is 2. The zero-order chi connectivity index (χ0) is 22.3. The zero-order valence-electron chi connectivity index (χ0n) is 19.6. The maximum absolute atomic E-state index is 12.6. The van der Waals surface area contributed by atoms with E-state index in [1.54, 1.807) is 17.2 Å². The fourth-order valence-electron chi connectivity index (χ4n) is 2.76. The van der Waals surface area contributed by atoms with Crippen molar-refractivity contribution in [2.45, 2.75) is 47.5 Å². The molecule has 0 saturated heterocycles. The number of anilines is 2. The predicted octanol–water partition coefficient (Wildman–Crippen LogP) is 1.85. The van der Waals surface area contributed by atoms with E-state index in [2.05, 4.69) is 54.0 Å². The van der Waals surface area contributed by atoms with E-state index in [1.807, 2.05) is 37.6 Å². The minimum Gasteiger partial charge on any atom is -0.367 e. The van der Waals surface area contributed by atoms with E-state index < -0.39 is 0 Å². The molecule has 3 aromatic rings. The minimum atomic E-state index is -0.211. The summed E-state index contributed by atoms with van der Waals surface area (Å²) in [7, 11) is 0. The van der Waals surface area contributed by atoms with Crippen LogP contribution in [0.15, 0.2) is 24.7 Å². The number of nitrogens with one attached hydrogen (secondary N) is 1. The molecule has 0 fully saturated rings. The summed E-state index contributed by atoms with van der Waals surface area (Å²) < 4.78 is 1.81. The van der Waals surface area contributed by atoms with E-state index >= 15 is 0 Å². The Morgan fingerprint density at radius 1 is 1.29 bits per heavy atom. The second-order valence-corrected chi connectivity index (χ2v) is 7.45. The Hall–Kier alpha value is -2.36. The number of amides is 2. The largest absolute Gasteiger partial charge is 1.00 e. The summed E-state index contributed by atoms with van der Waals surface area (Å²) in [4.78, 5) is 27.2. The summed E-state index contributed by atoms with van der Waals surface area (Å²) in [5.74, 6) is 1.89. The van der Waals surface area contributed by atoms with Crippen molar-refractivity contribution >= 4 is 23.3 Å². The summed E-state index contributed by atoms with van der Waals surface area (Å²) in [5, 5.41) is 2.92. The van der Waals surface area contributed by atoms with Crippen LogP contribution in [0.3, 0.4) is 0 Å². The third kappa shape index (κ3) is 7.37. The Labute approximate surface area is 197 Å². The molecule has 7 nitrogen and oxygen atoms in total. The van der Waals surface area contributed by atoms with Gasteiger partial charge in [-0.3, -0.25) is 4.40 Å². The number of urea groups is 1. The van der Waals surface area contributed by atoms with Crippen LogP contribution in [0, 0.1) is 39.7 Å². The molecule has 0 aromatic carbocycles. The number of pyridine rings is 1. The second-order valence-electron chi connectivity index (χ2n) is 7.45. The molecule has 0 spiro atoms. The fraction of sp³-hybridized carbons (Fsp3) is 0.391. The molecule has 0 aliphatic carbocycles. The monoisotopic (exact) mass is 414 g/mol. The van der Waals surface area contributed by atoms with Crippen LogP contribution in [0.2, 0.25) is 0 Å². The second kappa shape index (κ2) is 12.5. The van der Waals surface area contributed by atoms with Gasteiger partial charge in [-0.1, -0.05) is 27.0 Å². The Morgan fingerprint density at radius 3 is 2.58 bits per heavy atom. The van der Waals surface area contributed by atoms with Crippen molar-refractivity contribution in [3.05, 3.63) is 61.5 Å². The molecule has 2 amide bonds. The van der Waals surface area contributed by atoms with Gasteiger partial charge in [0.1, 0.15) is 0 Å². The molecule has 0 atom stereocenters. The first-order valence-corrected chi connectivity index (χ1v) is 10.2. The number of nitrogens with zero attached hydrogens (tertiary/aromatic N) is 5. The first-order valence-electron chi connectivity index (χ1n) is 10.2. The topological polar surface area (TPSA) is 75.4 Å². The first kappa shape index (κ1) is 26.7. The van der Waals surface area contributed by atoms with Gasteiger partial charge < -0.3 is 29.0 Å². The van der Waals surface area contributed by atoms with E-state index in [9.17, 15) is 4.79 Å². The molecule has 0 radical (unpaired) electrons. The number of hydrogen-bond acceptors (Lipinski definition) is 4. The number of aryl methyl sites for hydroxylation is 2. The van der Waals surface area contributed by atoms with Gasteiger partial charge >= 0.3 is 24.9 Å². The van der Waals surface area contributed by atoms with Gasteiger partial charge in [0, 0.05) is 24.8 Å². The molecule has 3 aromatic heterocycles. The molecule has 0 saturated carbocycles. The van der Waals surface area contributed by atoms with E-state index in [1.165, 1.54) is 0 Å². The summed E-state index contributed by atoms with van der Waals surface area (Å²) in [6.07, 6.45) is 7.13. The summed E-state index contributed by atoms with van der Waals surface area (Å²) in [5.41, 5.74) is 3.24. The van der Waals surface area contributed by atoms with Crippen LogP contribution in [0.25, 0.3) is 5.78 Å². The van der Waals surface area contributed by atoms with Crippen molar-refractivity contribution in [1.82, 2.24) is 19.4 Å². The van der Waals surface area contributed by atoms with Crippen molar-refractivity contribution in [3.63, 3.8) is 0 Å². The maximum atomic E-state index is 12.6. The van der Waals surface area contributed by atoms with Gasteiger partial charge in [-0.25, -0.2) is 14.8 Å². The molecule has 31 heavy (non-hydrogen) atoms. The van der Waals surface area contributed by atoms with E-state index in [-0.39, 0.29) is 24.9 Å². The molecule has 1 aliphatic rings. The number of hydrogen-bond donors (Lipinski definition) is 1. The molecule has 162 valence electrons. The van der Waals surface area contributed by atoms with Crippen molar-refractivity contribution < 1.29 is 23.7 Å². The van der Waals surface area contributed by atoms with E-state index in [0.717, 1.165) is 29.8 Å². The molecule has 4 heterocycles. The van der Waals surface area contributed by atoms with Crippen molar-refractivity contribution in [2.24, 2.45) is 5.92 Å². The molecule has 0 bridgehead atoms. The van der Waals surface area contributed by atoms with Crippen LogP contribution >= 0.6 is 0 Å². The Morgan fingerprint density at radius 2 is 1.94 bits per heavy atom. The average molecular weight is 414 g/mol. The third-order valence-electron chi connectivity index (χ3n) is 3.89. The molecule has 0 unspecified atom stereocenters. The Balaban J connectivity index is 0.000000532. The number of rotatable bonds is 1. The normalized spacial score (nSPS) is 11.7. The van der Waals surface area contributed by atoms with Gasteiger partial charge in [0.05, 0.1) is 17.1 Å². The number of carbonyl (C=O) groups excluding carboxylic acids is 1. The SMILES string of the molecule is Cc1cn2cc(NC(=O)N3CCc4[c-]ccnc43)c(C)nc2n1.[CH2-]C(C)C.[CH2-]CC.[Li+]. The van der Waals surface area contributed by atoms with Crippen LogP contribution in [0.5, 0.6) is 0 Å². The predicted molar refractivity (Wildman–Crippen MR) is 121 cm³/mol. The molecular weight excluding hydrogens is 383 g/mol. The number of carbonyl (C=O) groups is 1. The van der Waals surface area contributed by atoms with Gasteiger partial charge in [0.2, 0.25) is 5.78 Å². The van der Waals surface area contributed by atoms with Gasteiger partial charge in [0.15, 0.2) is 0 Å². The maximum Gasteiger partial charge on any atom is 1.00 e. The van der Waals surface area contributed by atoms with Crippen LogP contribution in [0.4, 0.5) is 16.3 Å². The van der Waals surface area contributed by atoms with Gasteiger partial charge in [0.25, 0.3) is 0 Å². The van der Waals surface area contributed by atoms with Crippen molar-refractivity contribution in [2.75, 3.05) is 16.8 Å². The fourth-order valence-corrected chi connectivity index (χ4v) is 2.76. The quantitative estimate of drug-likeness (QED) is 0.487. The van der Waals surface area contributed by atoms with Crippen molar-refractivity contribution in [3.8, 4) is 0 Å². The summed E-state index contributed by atoms with van der Waals surface area (Å²) in [6.45, 7) is 17.6. The number of aromatic nitrogens is 4. The molecule has 4 rings (SSSR count). The van der Waals surface area contributed by atoms with Crippen LogP contribution in [-0.2, 0) is 6.42 Å². The van der Waals surface area contributed by atoms with Crippen LogP contribution in [0.1, 0.15) is 44.1 Å². The Bertz CT molecular complexity index is 983. The Kier molecular flexibility index (Phi) is 10.7. The van der Waals surface area contributed by atoms with Gasteiger partial charge in [-0.05, 0) is 20.3 Å². The van der Waals surface area contributed by atoms with Gasteiger partial charge in [-0.2, -0.15) is 24.5 Å².